The molecule has 0 amide bonds. The van der Waals surface area contributed by atoms with Crippen LogP contribution in [0, 0.1) is 5.82 Å². The Morgan fingerprint density at radius 2 is 1.95 bits per heavy atom. The highest BCUT2D eigenvalue weighted by Crippen LogP contribution is 2.34. The van der Waals surface area contributed by atoms with Crippen LogP contribution >= 0.6 is 27.5 Å². The average Bonchev–Trinajstić information content (AvgIpc) is 2.38. The van der Waals surface area contributed by atoms with Gasteiger partial charge in [-0.1, -0.05) is 33.6 Å². The zero-order chi connectivity index (χ0) is 14.0. The highest BCUT2D eigenvalue weighted by atomic mass is 79.9. The van der Waals surface area contributed by atoms with E-state index >= 15 is 0 Å². The van der Waals surface area contributed by atoms with Gasteiger partial charge in [0.2, 0.25) is 0 Å². The van der Waals surface area contributed by atoms with Crippen molar-refractivity contribution in [2.24, 2.45) is 5.73 Å². The van der Waals surface area contributed by atoms with E-state index in [4.69, 9.17) is 22.1 Å². The van der Waals surface area contributed by atoms with Crippen LogP contribution in [0.5, 0.6) is 5.75 Å². The van der Waals surface area contributed by atoms with Crippen molar-refractivity contribution in [3.63, 3.8) is 0 Å². The molecule has 0 spiro atoms. The first-order valence-corrected chi connectivity index (χ1v) is 6.74. The van der Waals surface area contributed by atoms with Gasteiger partial charge in [-0.25, -0.2) is 4.39 Å². The highest BCUT2D eigenvalue weighted by molar-refractivity contribution is 9.10. The molecule has 2 N–H and O–H groups in total. The van der Waals surface area contributed by atoms with Crippen LogP contribution in [-0.2, 0) is 0 Å². The second-order valence-corrected chi connectivity index (χ2v) is 5.32. The summed E-state index contributed by atoms with van der Waals surface area (Å²) in [6.07, 6.45) is 0. The van der Waals surface area contributed by atoms with E-state index in [2.05, 4.69) is 15.9 Å². The smallest absolute Gasteiger partial charge is 0.124 e. The third kappa shape index (κ3) is 3.08. The van der Waals surface area contributed by atoms with E-state index in [1.807, 2.05) is 0 Å². The van der Waals surface area contributed by atoms with E-state index in [-0.39, 0.29) is 5.82 Å². The summed E-state index contributed by atoms with van der Waals surface area (Å²) < 4.78 is 19.0. The van der Waals surface area contributed by atoms with Crippen LogP contribution in [0.25, 0.3) is 0 Å². The third-order valence-electron chi connectivity index (χ3n) is 2.82. The maximum Gasteiger partial charge on any atom is 0.124 e. The lowest BCUT2D eigenvalue weighted by Gasteiger charge is -2.17. The van der Waals surface area contributed by atoms with Gasteiger partial charge in [0.25, 0.3) is 0 Å². The van der Waals surface area contributed by atoms with E-state index in [1.165, 1.54) is 12.1 Å². The minimum atomic E-state index is -0.455. The minimum Gasteiger partial charge on any atom is -0.496 e. The molecule has 5 heteroatoms. The molecule has 2 aromatic rings. The maximum atomic E-state index is 13.1. The lowest BCUT2D eigenvalue weighted by atomic mass is 9.99. The first kappa shape index (κ1) is 14.3. The van der Waals surface area contributed by atoms with Crippen LogP contribution in [-0.4, -0.2) is 7.11 Å². The normalized spacial score (nSPS) is 12.3. The maximum absolute atomic E-state index is 13.1. The predicted molar refractivity (Wildman–Crippen MR) is 78.1 cm³/mol. The van der Waals surface area contributed by atoms with Crippen molar-refractivity contribution in [3.05, 3.63) is 62.8 Å². The van der Waals surface area contributed by atoms with Crippen LogP contribution in [0.3, 0.4) is 0 Å². The molecule has 0 saturated carbocycles. The molecular weight excluding hydrogens is 333 g/mol. The first-order valence-electron chi connectivity index (χ1n) is 5.57. The molecule has 2 rings (SSSR count). The van der Waals surface area contributed by atoms with Gasteiger partial charge >= 0.3 is 0 Å². The van der Waals surface area contributed by atoms with Gasteiger partial charge in [-0.3, -0.25) is 0 Å². The first-order chi connectivity index (χ1) is 9.02. The number of hydrogen-bond acceptors (Lipinski definition) is 2. The Morgan fingerprint density at radius 3 is 2.58 bits per heavy atom. The number of hydrogen-bond donors (Lipinski definition) is 1. The highest BCUT2D eigenvalue weighted by Gasteiger charge is 2.17. The molecule has 0 aliphatic heterocycles. The van der Waals surface area contributed by atoms with Gasteiger partial charge in [0, 0.05) is 15.1 Å². The number of ether oxygens (including phenoxy) is 1. The fourth-order valence-electron chi connectivity index (χ4n) is 1.87. The van der Waals surface area contributed by atoms with E-state index in [1.54, 1.807) is 31.4 Å². The minimum absolute atomic E-state index is 0.319. The Bertz CT molecular complexity index is 606. The number of halogens is 3. The molecule has 2 aromatic carbocycles. The second-order valence-electron chi connectivity index (χ2n) is 4.03. The predicted octanol–water partition coefficient (Wildman–Crippen LogP) is 4.30. The Hall–Kier alpha value is -1.10. The van der Waals surface area contributed by atoms with Crippen molar-refractivity contribution in [2.75, 3.05) is 7.11 Å². The number of benzene rings is 2. The standard InChI is InChI=1S/C14H12BrClFNO/c1-19-13-5-2-8(16)6-11(13)14(18)10-4-3-9(17)7-12(10)15/h2-7,14H,18H2,1H3. The molecule has 1 atom stereocenters. The van der Waals surface area contributed by atoms with Crippen molar-refractivity contribution >= 4 is 27.5 Å². The SMILES string of the molecule is COc1ccc(Cl)cc1C(N)c1ccc(F)cc1Br. The molecular formula is C14H12BrClFNO. The Morgan fingerprint density at radius 1 is 1.21 bits per heavy atom. The van der Waals surface area contributed by atoms with Gasteiger partial charge in [0.15, 0.2) is 0 Å². The van der Waals surface area contributed by atoms with E-state index in [9.17, 15) is 4.39 Å². The van der Waals surface area contributed by atoms with Crippen molar-refractivity contribution in [1.82, 2.24) is 0 Å². The molecule has 0 aliphatic carbocycles. The number of nitrogens with two attached hydrogens (primary N) is 1. The molecule has 0 saturated heterocycles. The summed E-state index contributed by atoms with van der Waals surface area (Å²) in [5.41, 5.74) is 7.74. The van der Waals surface area contributed by atoms with Crippen LogP contribution in [0.1, 0.15) is 17.2 Å². The fraction of sp³-hybridized carbons (Fsp3) is 0.143. The molecule has 0 fully saturated rings. The quantitative estimate of drug-likeness (QED) is 0.901. The van der Waals surface area contributed by atoms with Crippen LogP contribution < -0.4 is 10.5 Å². The lowest BCUT2D eigenvalue weighted by Crippen LogP contribution is -2.14. The third-order valence-corrected chi connectivity index (χ3v) is 3.75. The largest absolute Gasteiger partial charge is 0.496 e. The van der Waals surface area contributed by atoms with Crippen molar-refractivity contribution < 1.29 is 9.13 Å². The molecule has 100 valence electrons. The van der Waals surface area contributed by atoms with Gasteiger partial charge in [-0.05, 0) is 35.9 Å². The van der Waals surface area contributed by atoms with Crippen LogP contribution in [0.4, 0.5) is 4.39 Å². The Kier molecular flexibility index (Phi) is 4.45. The Balaban J connectivity index is 2.49. The van der Waals surface area contributed by atoms with Crippen LogP contribution in [0.15, 0.2) is 40.9 Å². The summed E-state index contributed by atoms with van der Waals surface area (Å²) in [6.45, 7) is 0. The zero-order valence-electron chi connectivity index (χ0n) is 10.2. The van der Waals surface area contributed by atoms with Gasteiger partial charge in [-0.2, -0.15) is 0 Å². The molecule has 1 unspecified atom stereocenters. The van der Waals surface area contributed by atoms with E-state index in [0.29, 0.717) is 15.2 Å². The molecule has 0 radical (unpaired) electrons. The molecule has 0 aromatic heterocycles. The number of methoxy groups -OCH3 is 1. The lowest BCUT2D eigenvalue weighted by molar-refractivity contribution is 0.408. The molecule has 0 aliphatic rings. The van der Waals surface area contributed by atoms with Crippen molar-refractivity contribution in [3.8, 4) is 5.75 Å². The second kappa shape index (κ2) is 5.90. The van der Waals surface area contributed by atoms with Gasteiger partial charge in [-0.15, -0.1) is 0 Å². The Labute approximate surface area is 124 Å². The zero-order valence-corrected chi connectivity index (χ0v) is 12.5. The van der Waals surface area contributed by atoms with Crippen molar-refractivity contribution in [2.45, 2.75) is 6.04 Å². The van der Waals surface area contributed by atoms with E-state index in [0.717, 1.165) is 11.1 Å². The van der Waals surface area contributed by atoms with Gasteiger partial charge in [0.1, 0.15) is 11.6 Å². The average molecular weight is 345 g/mol. The molecule has 19 heavy (non-hydrogen) atoms. The van der Waals surface area contributed by atoms with Crippen molar-refractivity contribution in [1.29, 1.82) is 0 Å². The number of rotatable bonds is 3. The summed E-state index contributed by atoms with van der Waals surface area (Å²) in [6, 6.07) is 9.18. The summed E-state index contributed by atoms with van der Waals surface area (Å²) in [4.78, 5) is 0. The van der Waals surface area contributed by atoms with Crippen LogP contribution in [0.2, 0.25) is 5.02 Å². The monoisotopic (exact) mass is 343 g/mol. The van der Waals surface area contributed by atoms with Gasteiger partial charge < -0.3 is 10.5 Å². The van der Waals surface area contributed by atoms with E-state index < -0.39 is 6.04 Å². The topological polar surface area (TPSA) is 35.2 Å². The fourth-order valence-corrected chi connectivity index (χ4v) is 2.65. The molecule has 0 heterocycles. The molecule has 0 bridgehead atoms. The summed E-state index contributed by atoms with van der Waals surface area (Å²) >= 11 is 9.30. The summed E-state index contributed by atoms with van der Waals surface area (Å²) in [7, 11) is 1.57. The molecule has 2 nitrogen and oxygen atoms in total. The van der Waals surface area contributed by atoms with Gasteiger partial charge in [0.05, 0.1) is 13.2 Å². The summed E-state index contributed by atoms with van der Waals surface area (Å²) in [5, 5.41) is 0.574. The summed E-state index contributed by atoms with van der Waals surface area (Å²) in [5.74, 6) is 0.328.